The van der Waals surface area contributed by atoms with Gasteiger partial charge in [-0.25, -0.2) is 0 Å². The van der Waals surface area contributed by atoms with Crippen LogP contribution in [0.5, 0.6) is 0 Å². The van der Waals surface area contributed by atoms with E-state index in [1.54, 1.807) is 0 Å². The van der Waals surface area contributed by atoms with Crippen LogP contribution in [-0.4, -0.2) is 19.1 Å². The molecule has 0 aliphatic carbocycles. The topological polar surface area (TPSA) is 62.1 Å². The molecule has 94 valence electrons. The molecule has 1 N–H and O–H groups in total. The Balaban J connectivity index is 1.98. The number of hydrogen-bond donors (Lipinski definition) is 1. The first-order valence-corrected chi connectivity index (χ1v) is 6.14. The van der Waals surface area contributed by atoms with Crippen LogP contribution in [0.3, 0.4) is 0 Å². The lowest BCUT2D eigenvalue weighted by molar-refractivity contribution is -0.129. The molecule has 1 aromatic carbocycles. The van der Waals surface area contributed by atoms with Crippen LogP contribution in [0.25, 0.3) is 0 Å². The molecule has 18 heavy (non-hydrogen) atoms. The van der Waals surface area contributed by atoms with Gasteiger partial charge in [0.15, 0.2) is 0 Å². The van der Waals surface area contributed by atoms with Gasteiger partial charge in [0, 0.05) is 6.61 Å². The Labute approximate surface area is 107 Å². The molecule has 1 aliphatic heterocycles. The predicted molar refractivity (Wildman–Crippen MR) is 66.5 cm³/mol. The Kier molecular flexibility index (Phi) is 4.32. The van der Waals surface area contributed by atoms with Crippen LogP contribution in [0.1, 0.15) is 24.4 Å². The maximum Gasteiger partial charge on any atom is 0.226 e. The Morgan fingerprint density at radius 3 is 2.83 bits per heavy atom. The van der Waals surface area contributed by atoms with Gasteiger partial charge in [0.05, 0.1) is 18.6 Å². The van der Waals surface area contributed by atoms with E-state index in [1.165, 1.54) is 0 Å². The lowest BCUT2D eigenvalue weighted by atomic mass is 10.00. The van der Waals surface area contributed by atoms with Crippen molar-refractivity contribution in [1.29, 1.82) is 5.26 Å². The molecule has 2 atom stereocenters. The van der Waals surface area contributed by atoms with E-state index < -0.39 is 6.04 Å². The van der Waals surface area contributed by atoms with Gasteiger partial charge < -0.3 is 10.1 Å². The van der Waals surface area contributed by atoms with Gasteiger partial charge in [-0.15, -0.1) is 0 Å². The van der Waals surface area contributed by atoms with E-state index in [0.29, 0.717) is 6.61 Å². The van der Waals surface area contributed by atoms with Crippen LogP contribution in [0, 0.1) is 17.2 Å². The van der Waals surface area contributed by atoms with E-state index in [-0.39, 0.29) is 11.8 Å². The Morgan fingerprint density at radius 1 is 1.44 bits per heavy atom. The molecule has 1 fully saturated rings. The summed E-state index contributed by atoms with van der Waals surface area (Å²) in [6.07, 6.45) is 1.74. The predicted octanol–water partition coefficient (Wildman–Crippen LogP) is 1.79. The summed E-state index contributed by atoms with van der Waals surface area (Å²) in [6.45, 7) is 1.18. The van der Waals surface area contributed by atoms with Crippen molar-refractivity contribution in [3.05, 3.63) is 35.9 Å². The number of rotatable bonds is 3. The summed E-state index contributed by atoms with van der Waals surface area (Å²) in [5.41, 5.74) is 0.810. The third-order valence-electron chi connectivity index (χ3n) is 3.08. The molecule has 2 rings (SSSR count). The molecule has 1 amide bonds. The highest BCUT2D eigenvalue weighted by molar-refractivity contribution is 5.79. The van der Waals surface area contributed by atoms with Gasteiger partial charge in [-0.2, -0.15) is 5.26 Å². The fraction of sp³-hybridized carbons (Fsp3) is 0.429. The molecule has 2 unspecified atom stereocenters. The summed E-state index contributed by atoms with van der Waals surface area (Å²) in [4.78, 5) is 12.0. The first-order valence-electron chi connectivity index (χ1n) is 6.14. The Morgan fingerprint density at radius 2 is 2.22 bits per heavy atom. The number of nitriles is 1. The summed E-state index contributed by atoms with van der Waals surface area (Å²) in [7, 11) is 0. The van der Waals surface area contributed by atoms with Crippen LogP contribution < -0.4 is 5.32 Å². The molecule has 1 saturated heterocycles. The molecule has 4 heteroatoms. The fourth-order valence-electron chi connectivity index (χ4n) is 2.04. The normalized spacial score (nSPS) is 20.7. The van der Waals surface area contributed by atoms with Crippen LogP contribution >= 0.6 is 0 Å². The van der Waals surface area contributed by atoms with Crippen molar-refractivity contribution < 1.29 is 9.53 Å². The summed E-state index contributed by atoms with van der Waals surface area (Å²) in [5, 5.41) is 11.9. The number of hydrogen-bond acceptors (Lipinski definition) is 3. The third kappa shape index (κ3) is 3.08. The first kappa shape index (κ1) is 12.6. The SMILES string of the molecule is N#CC(NC(=O)C1CCCOC1)c1ccccc1. The minimum absolute atomic E-state index is 0.0925. The average molecular weight is 244 g/mol. The van der Waals surface area contributed by atoms with Gasteiger partial charge in [-0.3, -0.25) is 4.79 Å². The second-order valence-electron chi connectivity index (χ2n) is 4.40. The van der Waals surface area contributed by atoms with Gasteiger partial charge in [0.2, 0.25) is 5.91 Å². The molecule has 4 nitrogen and oxygen atoms in total. The minimum atomic E-state index is -0.583. The van der Waals surface area contributed by atoms with Crippen LogP contribution in [0.2, 0.25) is 0 Å². The van der Waals surface area contributed by atoms with Crippen molar-refractivity contribution in [2.45, 2.75) is 18.9 Å². The Bertz CT molecular complexity index is 433. The highest BCUT2D eigenvalue weighted by Gasteiger charge is 2.24. The van der Waals surface area contributed by atoms with Gasteiger partial charge in [0.25, 0.3) is 0 Å². The maximum absolute atomic E-state index is 12.0. The monoisotopic (exact) mass is 244 g/mol. The van der Waals surface area contributed by atoms with Crippen LogP contribution in [-0.2, 0) is 9.53 Å². The quantitative estimate of drug-likeness (QED) is 0.881. The molecule has 1 heterocycles. The van der Waals surface area contributed by atoms with E-state index in [1.807, 2.05) is 30.3 Å². The summed E-state index contributed by atoms with van der Waals surface area (Å²) >= 11 is 0. The second kappa shape index (κ2) is 6.18. The molecule has 0 spiro atoms. The molecule has 1 aromatic rings. The zero-order valence-corrected chi connectivity index (χ0v) is 10.1. The fourth-order valence-corrected chi connectivity index (χ4v) is 2.04. The summed E-state index contributed by atoms with van der Waals surface area (Å²) in [5.74, 6) is -0.219. The van der Waals surface area contributed by atoms with E-state index >= 15 is 0 Å². The van der Waals surface area contributed by atoms with Gasteiger partial charge in [0.1, 0.15) is 6.04 Å². The van der Waals surface area contributed by atoms with E-state index in [0.717, 1.165) is 25.0 Å². The average Bonchev–Trinajstić information content (AvgIpc) is 2.46. The van der Waals surface area contributed by atoms with Gasteiger partial charge in [-0.05, 0) is 18.4 Å². The van der Waals surface area contributed by atoms with E-state index in [4.69, 9.17) is 10.00 Å². The van der Waals surface area contributed by atoms with Crippen molar-refractivity contribution in [1.82, 2.24) is 5.32 Å². The zero-order valence-electron chi connectivity index (χ0n) is 10.1. The highest BCUT2D eigenvalue weighted by Crippen LogP contribution is 2.17. The van der Waals surface area contributed by atoms with Crippen molar-refractivity contribution in [3.8, 4) is 6.07 Å². The molecule has 0 radical (unpaired) electrons. The maximum atomic E-state index is 12.0. The number of carbonyl (C=O) groups excluding carboxylic acids is 1. The molecule has 0 bridgehead atoms. The smallest absolute Gasteiger partial charge is 0.226 e. The first-order chi connectivity index (χ1) is 8.81. The zero-order chi connectivity index (χ0) is 12.8. The minimum Gasteiger partial charge on any atom is -0.381 e. The summed E-state index contributed by atoms with van der Waals surface area (Å²) in [6, 6.07) is 10.8. The van der Waals surface area contributed by atoms with Gasteiger partial charge in [-0.1, -0.05) is 30.3 Å². The molecule has 0 aromatic heterocycles. The molecule has 1 aliphatic rings. The number of benzene rings is 1. The third-order valence-corrected chi connectivity index (χ3v) is 3.08. The van der Waals surface area contributed by atoms with Crippen molar-refractivity contribution in [3.63, 3.8) is 0 Å². The molecular weight excluding hydrogens is 228 g/mol. The van der Waals surface area contributed by atoms with E-state index in [2.05, 4.69) is 11.4 Å². The number of nitrogens with one attached hydrogen (secondary N) is 1. The lowest BCUT2D eigenvalue weighted by Crippen LogP contribution is -2.37. The Hall–Kier alpha value is -1.86. The number of amides is 1. The van der Waals surface area contributed by atoms with Crippen LogP contribution in [0.4, 0.5) is 0 Å². The van der Waals surface area contributed by atoms with Crippen molar-refractivity contribution >= 4 is 5.91 Å². The molecule has 0 saturated carbocycles. The van der Waals surface area contributed by atoms with Crippen molar-refractivity contribution in [2.24, 2.45) is 5.92 Å². The number of carbonyl (C=O) groups is 1. The second-order valence-corrected chi connectivity index (χ2v) is 4.40. The standard InChI is InChI=1S/C14H16N2O2/c15-9-13(11-5-2-1-3-6-11)16-14(17)12-7-4-8-18-10-12/h1-3,5-6,12-13H,4,7-8,10H2,(H,16,17). The lowest BCUT2D eigenvalue weighted by Gasteiger charge is -2.22. The van der Waals surface area contributed by atoms with Crippen LogP contribution in [0.15, 0.2) is 30.3 Å². The van der Waals surface area contributed by atoms with E-state index in [9.17, 15) is 4.79 Å². The largest absolute Gasteiger partial charge is 0.381 e. The molecular formula is C14H16N2O2. The van der Waals surface area contributed by atoms with Gasteiger partial charge >= 0.3 is 0 Å². The number of nitrogens with zero attached hydrogens (tertiary/aromatic N) is 1. The number of ether oxygens (including phenoxy) is 1. The van der Waals surface area contributed by atoms with Crippen molar-refractivity contribution in [2.75, 3.05) is 13.2 Å². The highest BCUT2D eigenvalue weighted by atomic mass is 16.5. The summed E-state index contributed by atoms with van der Waals surface area (Å²) < 4.78 is 5.28.